The van der Waals surface area contributed by atoms with E-state index in [0.29, 0.717) is 6.04 Å². The molecule has 0 fully saturated rings. The average Bonchev–Trinajstić information content (AvgIpc) is 1.83. The zero-order valence-electron chi connectivity index (χ0n) is 6.68. The number of rotatable bonds is 0. The molecule has 0 aromatic carbocycles. The highest BCUT2D eigenvalue weighted by Crippen LogP contribution is 2.22. The van der Waals surface area contributed by atoms with E-state index in [1.54, 1.807) is 0 Å². The van der Waals surface area contributed by atoms with Crippen LogP contribution in [0.3, 0.4) is 0 Å². The standard InChI is InChI=1S/C8H15N.ClH/c1-6-4-3-5-8(9)7(6)2;/h8H,3-5,9H2,1-2H3;1H. The van der Waals surface area contributed by atoms with Gasteiger partial charge in [0.2, 0.25) is 0 Å². The molecule has 0 heterocycles. The third kappa shape index (κ3) is 1.99. The lowest BCUT2D eigenvalue weighted by atomic mass is 9.90. The molecular formula is C8H16ClN. The third-order valence-corrected chi connectivity index (χ3v) is 2.30. The molecule has 0 spiro atoms. The van der Waals surface area contributed by atoms with Crippen molar-refractivity contribution in [1.29, 1.82) is 0 Å². The molecule has 0 saturated carbocycles. The summed E-state index contributed by atoms with van der Waals surface area (Å²) in [5, 5.41) is 0. The van der Waals surface area contributed by atoms with Gasteiger partial charge in [0.05, 0.1) is 0 Å². The quantitative estimate of drug-likeness (QED) is 0.542. The summed E-state index contributed by atoms with van der Waals surface area (Å²) >= 11 is 0. The molecule has 0 aromatic heterocycles. The summed E-state index contributed by atoms with van der Waals surface area (Å²) in [5.74, 6) is 0. The lowest BCUT2D eigenvalue weighted by Crippen LogP contribution is -2.24. The van der Waals surface area contributed by atoms with Crippen molar-refractivity contribution in [3.05, 3.63) is 11.1 Å². The van der Waals surface area contributed by atoms with Crippen LogP contribution in [0, 0.1) is 0 Å². The van der Waals surface area contributed by atoms with E-state index in [0.717, 1.165) is 0 Å². The van der Waals surface area contributed by atoms with Gasteiger partial charge in [0.15, 0.2) is 0 Å². The highest BCUT2D eigenvalue weighted by Gasteiger charge is 2.12. The first-order valence-corrected chi connectivity index (χ1v) is 3.63. The highest BCUT2D eigenvalue weighted by atomic mass is 35.5. The molecule has 0 saturated heterocycles. The molecule has 0 bridgehead atoms. The first-order chi connectivity index (χ1) is 4.22. The first kappa shape index (κ1) is 9.99. The lowest BCUT2D eigenvalue weighted by Gasteiger charge is -2.20. The van der Waals surface area contributed by atoms with Gasteiger partial charge < -0.3 is 5.73 Å². The smallest absolute Gasteiger partial charge is 0.0253 e. The number of hydrogen-bond donors (Lipinski definition) is 1. The Morgan fingerprint density at radius 2 is 2.00 bits per heavy atom. The summed E-state index contributed by atoms with van der Waals surface area (Å²) in [5.41, 5.74) is 8.74. The van der Waals surface area contributed by atoms with Gasteiger partial charge in [-0.2, -0.15) is 0 Å². The van der Waals surface area contributed by atoms with Crippen molar-refractivity contribution in [2.75, 3.05) is 0 Å². The normalized spacial score (nSPS) is 26.1. The Morgan fingerprint density at radius 3 is 2.40 bits per heavy atom. The van der Waals surface area contributed by atoms with E-state index in [4.69, 9.17) is 5.73 Å². The van der Waals surface area contributed by atoms with E-state index in [1.165, 1.54) is 30.4 Å². The van der Waals surface area contributed by atoms with Gasteiger partial charge in [-0.3, -0.25) is 0 Å². The second-order valence-corrected chi connectivity index (χ2v) is 2.96. The van der Waals surface area contributed by atoms with Crippen molar-refractivity contribution < 1.29 is 0 Å². The molecule has 2 heteroatoms. The SMILES string of the molecule is CC1=C(C)C(N)CCC1.Cl. The van der Waals surface area contributed by atoms with Crippen molar-refractivity contribution in [2.24, 2.45) is 5.73 Å². The maximum absolute atomic E-state index is 5.81. The topological polar surface area (TPSA) is 26.0 Å². The Morgan fingerprint density at radius 1 is 1.40 bits per heavy atom. The fourth-order valence-corrected chi connectivity index (χ4v) is 1.32. The number of halogens is 1. The molecule has 1 rings (SSSR count). The summed E-state index contributed by atoms with van der Waals surface area (Å²) in [7, 11) is 0. The molecule has 10 heavy (non-hydrogen) atoms. The molecule has 2 N–H and O–H groups in total. The van der Waals surface area contributed by atoms with Crippen molar-refractivity contribution in [1.82, 2.24) is 0 Å². The summed E-state index contributed by atoms with van der Waals surface area (Å²) < 4.78 is 0. The van der Waals surface area contributed by atoms with Crippen molar-refractivity contribution >= 4 is 12.4 Å². The van der Waals surface area contributed by atoms with E-state index >= 15 is 0 Å². The summed E-state index contributed by atoms with van der Waals surface area (Å²) in [6.07, 6.45) is 3.73. The van der Waals surface area contributed by atoms with Gasteiger partial charge in [-0.15, -0.1) is 12.4 Å². The van der Waals surface area contributed by atoms with E-state index in [2.05, 4.69) is 13.8 Å². The van der Waals surface area contributed by atoms with Gasteiger partial charge in [0.1, 0.15) is 0 Å². The predicted octanol–water partition coefficient (Wildman–Crippen LogP) is 2.26. The fraction of sp³-hybridized carbons (Fsp3) is 0.750. The van der Waals surface area contributed by atoms with E-state index in [1.807, 2.05) is 0 Å². The Labute approximate surface area is 69.1 Å². The maximum atomic E-state index is 5.81. The molecule has 1 nitrogen and oxygen atoms in total. The van der Waals surface area contributed by atoms with E-state index < -0.39 is 0 Å². The zero-order valence-corrected chi connectivity index (χ0v) is 7.50. The van der Waals surface area contributed by atoms with Crippen LogP contribution in [0.1, 0.15) is 33.1 Å². The number of nitrogens with two attached hydrogens (primary N) is 1. The lowest BCUT2D eigenvalue weighted by molar-refractivity contribution is 0.594. The van der Waals surface area contributed by atoms with Crippen LogP contribution in [0.4, 0.5) is 0 Å². The Kier molecular flexibility index (Phi) is 3.99. The van der Waals surface area contributed by atoms with E-state index in [9.17, 15) is 0 Å². The first-order valence-electron chi connectivity index (χ1n) is 3.63. The Bertz CT molecular complexity index is 140. The summed E-state index contributed by atoms with van der Waals surface area (Å²) in [6, 6.07) is 0.360. The van der Waals surface area contributed by atoms with Gasteiger partial charge in [-0.05, 0) is 33.1 Å². The molecule has 0 amide bonds. The monoisotopic (exact) mass is 161 g/mol. The highest BCUT2D eigenvalue weighted by molar-refractivity contribution is 5.85. The van der Waals surface area contributed by atoms with Crippen molar-refractivity contribution in [3.63, 3.8) is 0 Å². The number of hydrogen-bond acceptors (Lipinski definition) is 1. The second-order valence-electron chi connectivity index (χ2n) is 2.96. The molecule has 1 unspecified atom stereocenters. The largest absolute Gasteiger partial charge is 0.324 e. The van der Waals surface area contributed by atoms with Crippen LogP contribution in [0.15, 0.2) is 11.1 Å². The molecule has 0 radical (unpaired) electrons. The minimum absolute atomic E-state index is 0. The van der Waals surface area contributed by atoms with Crippen LogP contribution in [-0.2, 0) is 0 Å². The van der Waals surface area contributed by atoms with Crippen LogP contribution in [-0.4, -0.2) is 6.04 Å². The van der Waals surface area contributed by atoms with Crippen LogP contribution >= 0.6 is 12.4 Å². The zero-order chi connectivity index (χ0) is 6.85. The molecule has 1 aliphatic carbocycles. The molecule has 1 aliphatic rings. The van der Waals surface area contributed by atoms with Crippen LogP contribution in [0.2, 0.25) is 0 Å². The third-order valence-electron chi connectivity index (χ3n) is 2.30. The minimum atomic E-state index is 0. The molecular weight excluding hydrogens is 146 g/mol. The fourth-order valence-electron chi connectivity index (χ4n) is 1.32. The minimum Gasteiger partial charge on any atom is -0.324 e. The van der Waals surface area contributed by atoms with Gasteiger partial charge in [-0.1, -0.05) is 11.1 Å². The average molecular weight is 162 g/mol. The van der Waals surface area contributed by atoms with Crippen molar-refractivity contribution in [2.45, 2.75) is 39.2 Å². The molecule has 0 aromatic rings. The molecule has 1 atom stereocenters. The van der Waals surface area contributed by atoms with Crippen LogP contribution in [0.25, 0.3) is 0 Å². The van der Waals surface area contributed by atoms with Crippen LogP contribution < -0.4 is 5.73 Å². The van der Waals surface area contributed by atoms with Gasteiger partial charge >= 0.3 is 0 Å². The van der Waals surface area contributed by atoms with Gasteiger partial charge in [0.25, 0.3) is 0 Å². The van der Waals surface area contributed by atoms with Gasteiger partial charge in [-0.25, -0.2) is 0 Å². The second kappa shape index (κ2) is 3.99. The Hall–Kier alpha value is -0.0100. The number of allylic oxidation sites excluding steroid dienone is 1. The summed E-state index contributed by atoms with van der Waals surface area (Å²) in [6.45, 7) is 4.34. The molecule has 60 valence electrons. The predicted molar refractivity (Wildman–Crippen MR) is 47.4 cm³/mol. The Balaban J connectivity index is 0.000000810. The van der Waals surface area contributed by atoms with Crippen LogP contribution in [0.5, 0.6) is 0 Å². The van der Waals surface area contributed by atoms with E-state index in [-0.39, 0.29) is 12.4 Å². The van der Waals surface area contributed by atoms with Crippen molar-refractivity contribution in [3.8, 4) is 0 Å². The summed E-state index contributed by atoms with van der Waals surface area (Å²) in [4.78, 5) is 0. The maximum Gasteiger partial charge on any atom is 0.0253 e. The molecule has 0 aliphatic heterocycles. The van der Waals surface area contributed by atoms with Gasteiger partial charge in [0, 0.05) is 6.04 Å².